The molecule has 0 saturated heterocycles. The largest absolute Gasteiger partial charge is 0.443 e. The summed E-state index contributed by atoms with van der Waals surface area (Å²) in [5.41, 5.74) is -0.545. The van der Waals surface area contributed by atoms with E-state index in [0.29, 0.717) is 5.69 Å². The van der Waals surface area contributed by atoms with E-state index in [1.54, 1.807) is 51.1 Å². The molecular weight excluding hydrogens is 334 g/mol. The minimum Gasteiger partial charge on any atom is -0.443 e. The predicted molar refractivity (Wildman–Crippen MR) is 90.7 cm³/mol. The lowest BCUT2D eigenvalue weighted by molar-refractivity contribution is -0.385. The molecule has 1 amide bonds. The van der Waals surface area contributed by atoms with Gasteiger partial charge < -0.3 is 4.74 Å². The van der Waals surface area contributed by atoms with Crippen LogP contribution in [0.25, 0.3) is 0 Å². The molecule has 0 radical (unpaired) electrons. The van der Waals surface area contributed by atoms with Crippen molar-refractivity contribution in [2.75, 3.05) is 4.90 Å². The molecule has 8 heteroatoms. The van der Waals surface area contributed by atoms with Crippen LogP contribution in [0, 0.1) is 10.1 Å². The lowest BCUT2D eigenvalue weighted by Gasteiger charge is -2.26. The molecule has 0 aliphatic carbocycles. The Labute approximate surface area is 144 Å². The number of amides is 1. The van der Waals surface area contributed by atoms with Crippen LogP contribution < -0.4 is 4.90 Å². The topological polar surface area (TPSA) is 85.6 Å². The molecule has 1 heterocycles. The Balaban J connectivity index is 2.49. The molecule has 2 rings (SSSR count). The van der Waals surface area contributed by atoms with Gasteiger partial charge in [0.2, 0.25) is 5.15 Å². The van der Waals surface area contributed by atoms with Gasteiger partial charge in [-0.2, -0.15) is 0 Å². The Morgan fingerprint density at radius 2 is 1.83 bits per heavy atom. The molecule has 0 aliphatic heterocycles. The van der Waals surface area contributed by atoms with E-state index in [0.717, 1.165) is 0 Å². The molecule has 0 bridgehead atoms. The molecule has 1 aromatic carbocycles. The third kappa shape index (κ3) is 4.20. The van der Waals surface area contributed by atoms with E-state index in [4.69, 9.17) is 16.3 Å². The highest BCUT2D eigenvalue weighted by atomic mass is 35.5. The van der Waals surface area contributed by atoms with Crippen molar-refractivity contribution < 1.29 is 14.5 Å². The van der Waals surface area contributed by atoms with Gasteiger partial charge in [-0.15, -0.1) is 0 Å². The number of halogens is 1. The normalized spacial score (nSPS) is 11.0. The Bertz CT molecular complexity index is 760. The first-order valence-electron chi connectivity index (χ1n) is 7.08. The van der Waals surface area contributed by atoms with E-state index < -0.39 is 16.6 Å². The lowest BCUT2D eigenvalue weighted by Crippen LogP contribution is -2.34. The van der Waals surface area contributed by atoms with Gasteiger partial charge in [-0.1, -0.05) is 29.8 Å². The standard InChI is InChI=1S/C16H16ClN3O4/c1-16(2,3)24-15(21)19(11-7-5-4-6-8-11)13-10-9-12(20(22)23)14(17)18-13/h4-10H,1-3H3. The first kappa shape index (κ1) is 17.7. The second-order valence-corrected chi connectivity index (χ2v) is 6.25. The molecule has 0 atom stereocenters. The van der Waals surface area contributed by atoms with Crippen molar-refractivity contribution in [2.24, 2.45) is 0 Å². The Hall–Kier alpha value is -2.67. The highest BCUT2D eigenvalue weighted by molar-refractivity contribution is 6.31. The van der Waals surface area contributed by atoms with Crippen molar-refractivity contribution in [3.63, 3.8) is 0 Å². The summed E-state index contributed by atoms with van der Waals surface area (Å²) in [5.74, 6) is 0.131. The van der Waals surface area contributed by atoms with Gasteiger partial charge in [0.15, 0.2) is 0 Å². The zero-order valence-corrected chi connectivity index (χ0v) is 14.1. The van der Waals surface area contributed by atoms with Gasteiger partial charge in [0.1, 0.15) is 11.4 Å². The average molecular weight is 350 g/mol. The maximum absolute atomic E-state index is 12.6. The average Bonchev–Trinajstić information content (AvgIpc) is 2.46. The zero-order chi connectivity index (χ0) is 17.9. The highest BCUT2D eigenvalue weighted by Crippen LogP contribution is 2.30. The number of hydrogen-bond acceptors (Lipinski definition) is 5. The number of carbonyl (C=O) groups is 1. The third-order valence-corrected chi connectivity index (χ3v) is 3.11. The highest BCUT2D eigenvalue weighted by Gasteiger charge is 2.27. The fraction of sp³-hybridized carbons (Fsp3) is 0.250. The van der Waals surface area contributed by atoms with Crippen molar-refractivity contribution in [1.82, 2.24) is 4.98 Å². The molecule has 1 aromatic heterocycles. The smallest absolute Gasteiger partial charge is 0.420 e. The number of nitro groups is 1. The number of benzene rings is 1. The van der Waals surface area contributed by atoms with Crippen molar-refractivity contribution in [3.8, 4) is 0 Å². The van der Waals surface area contributed by atoms with Gasteiger partial charge >= 0.3 is 11.8 Å². The minimum absolute atomic E-state index is 0.131. The Morgan fingerprint density at radius 1 is 1.21 bits per heavy atom. The number of hydrogen-bond donors (Lipinski definition) is 0. The summed E-state index contributed by atoms with van der Waals surface area (Å²) in [7, 11) is 0. The van der Waals surface area contributed by atoms with Crippen LogP contribution in [0.4, 0.5) is 22.0 Å². The summed E-state index contributed by atoms with van der Waals surface area (Å²) >= 11 is 5.86. The molecule has 0 aliphatic rings. The van der Waals surface area contributed by atoms with Crippen molar-refractivity contribution in [1.29, 1.82) is 0 Å². The Morgan fingerprint density at radius 3 is 2.33 bits per heavy atom. The van der Waals surface area contributed by atoms with Gasteiger partial charge in [-0.25, -0.2) is 14.7 Å². The monoisotopic (exact) mass is 349 g/mol. The lowest BCUT2D eigenvalue weighted by atomic mass is 10.2. The molecule has 0 unspecified atom stereocenters. The summed E-state index contributed by atoms with van der Waals surface area (Å²) in [6, 6.07) is 11.2. The maximum Gasteiger partial charge on any atom is 0.420 e. The van der Waals surface area contributed by atoms with Crippen molar-refractivity contribution in [2.45, 2.75) is 26.4 Å². The molecule has 126 valence electrons. The quantitative estimate of drug-likeness (QED) is 0.454. The molecule has 0 spiro atoms. The number of pyridine rings is 1. The van der Waals surface area contributed by atoms with Gasteiger partial charge in [-0.05, 0) is 39.0 Å². The summed E-state index contributed by atoms with van der Waals surface area (Å²) in [6.45, 7) is 5.22. The van der Waals surface area contributed by atoms with Crippen LogP contribution in [0.1, 0.15) is 20.8 Å². The van der Waals surface area contributed by atoms with E-state index >= 15 is 0 Å². The summed E-state index contributed by atoms with van der Waals surface area (Å²) in [5, 5.41) is 10.6. The number of para-hydroxylation sites is 1. The van der Waals surface area contributed by atoms with E-state index in [1.807, 2.05) is 0 Å². The van der Waals surface area contributed by atoms with E-state index in [9.17, 15) is 14.9 Å². The van der Waals surface area contributed by atoms with Crippen molar-refractivity contribution in [3.05, 3.63) is 57.7 Å². The maximum atomic E-state index is 12.6. The first-order valence-corrected chi connectivity index (χ1v) is 7.46. The number of nitrogens with zero attached hydrogens (tertiary/aromatic N) is 3. The van der Waals surface area contributed by atoms with Gasteiger partial charge in [-0.3, -0.25) is 10.1 Å². The molecule has 0 N–H and O–H groups in total. The van der Waals surface area contributed by atoms with Crippen molar-refractivity contribution >= 4 is 34.9 Å². The summed E-state index contributed by atoms with van der Waals surface area (Å²) < 4.78 is 5.40. The van der Waals surface area contributed by atoms with Gasteiger partial charge in [0.05, 0.1) is 10.6 Å². The Kier molecular flexibility index (Phi) is 5.04. The second kappa shape index (κ2) is 6.84. The van der Waals surface area contributed by atoms with Gasteiger partial charge in [0, 0.05) is 6.07 Å². The zero-order valence-electron chi connectivity index (χ0n) is 13.4. The molecular formula is C16H16ClN3O4. The van der Waals surface area contributed by atoms with Gasteiger partial charge in [0.25, 0.3) is 0 Å². The van der Waals surface area contributed by atoms with E-state index in [2.05, 4.69) is 4.98 Å². The summed E-state index contributed by atoms with van der Waals surface area (Å²) in [6.07, 6.45) is -0.661. The van der Waals surface area contributed by atoms with E-state index in [1.165, 1.54) is 17.0 Å². The van der Waals surface area contributed by atoms with Crippen LogP contribution in [-0.4, -0.2) is 21.6 Å². The summed E-state index contributed by atoms with van der Waals surface area (Å²) in [4.78, 5) is 28.0. The van der Waals surface area contributed by atoms with Crippen LogP contribution in [0.15, 0.2) is 42.5 Å². The van der Waals surface area contributed by atoms with Crippen LogP contribution in [0.5, 0.6) is 0 Å². The molecule has 0 fully saturated rings. The second-order valence-electron chi connectivity index (χ2n) is 5.89. The fourth-order valence-electron chi connectivity index (χ4n) is 1.89. The third-order valence-electron chi connectivity index (χ3n) is 2.83. The SMILES string of the molecule is CC(C)(C)OC(=O)N(c1ccccc1)c1ccc([N+](=O)[O-])c(Cl)n1. The van der Waals surface area contributed by atoms with Crippen LogP contribution in [-0.2, 0) is 4.74 Å². The molecule has 0 saturated carbocycles. The number of ether oxygens (including phenoxy) is 1. The number of aromatic nitrogens is 1. The van der Waals surface area contributed by atoms with Crippen LogP contribution in [0.3, 0.4) is 0 Å². The number of carbonyl (C=O) groups excluding carboxylic acids is 1. The first-order chi connectivity index (χ1) is 11.2. The molecule has 7 nitrogen and oxygen atoms in total. The molecule has 2 aromatic rings. The fourth-order valence-corrected chi connectivity index (χ4v) is 2.11. The molecule has 24 heavy (non-hydrogen) atoms. The van der Waals surface area contributed by atoms with Crippen LogP contribution in [0.2, 0.25) is 5.15 Å². The predicted octanol–water partition coefficient (Wildman–Crippen LogP) is 4.72. The van der Waals surface area contributed by atoms with E-state index in [-0.39, 0.29) is 16.7 Å². The van der Waals surface area contributed by atoms with Crippen LogP contribution >= 0.6 is 11.6 Å². The number of anilines is 2. The number of rotatable bonds is 3. The minimum atomic E-state index is -0.714.